The zero-order valence-electron chi connectivity index (χ0n) is 23.3. The molecular formula is C38H22N4OS. The SMILES string of the molecule is c1ccc(-c2nc(-c3ccc(-c4ccc(-c5ncnc6c5sc5ccccc56)cc4)cc3)c3oc4ccccc4c3n2)cc1. The summed E-state index contributed by atoms with van der Waals surface area (Å²) in [6.45, 7) is 0. The van der Waals surface area contributed by atoms with Gasteiger partial charge in [0.2, 0.25) is 0 Å². The summed E-state index contributed by atoms with van der Waals surface area (Å²) in [7, 11) is 0. The number of para-hydroxylation sites is 1. The topological polar surface area (TPSA) is 64.7 Å². The fourth-order valence-electron chi connectivity index (χ4n) is 5.87. The van der Waals surface area contributed by atoms with Crippen LogP contribution in [0.3, 0.4) is 0 Å². The highest BCUT2D eigenvalue weighted by Crippen LogP contribution is 2.39. The largest absolute Gasteiger partial charge is 0.452 e. The van der Waals surface area contributed by atoms with Crippen LogP contribution in [0.15, 0.2) is 138 Å². The van der Waals surface area contributed by atoms with Crippen molar-refractivity contribution < 1.29 is 4.42 Å². The Bertz CT molecular complexity index is 2480. The van der Waals surface area contributed by atoms with Crippen LogP contribution in [-0.4, -0.2) is 19.9 Å². The van der Waals surface area contributed by atoms with Crippen LogP contribution in [0.5, 0.6) is 0 Å². The van der Waals surface area contributed by atoms with Crippen molar-refractivity contribution >= 4 is 53.7 Å². The minimum absolute atomic E-state index is 0.678. The number of furan rings is 1. The first-order chi connectivity index (χ1) is 21.8. The zero-order valence-corrected chi connectivity index (χ0v) is 24.1. The van der Waals surface area contributed by atoms with Gasteiger partial charge in [0.05, 0.1) is 15.9 Å². The van der Waals surface area contributed by atoms with Crippen LogP contribution >= 0.6 is 11.3 Å². The van der Waals surface area contributed by atoms with Gasteiger partial charge in [0.1, 0.15) is 23.1 Å². The van der Waals surface area contributed by atoms with E-state index in [0.29, 0.717) is 11.4 Å². The molecule has 0 radical (unpaired) electrons. The van der Waals surface area contributed by atoms with E-state index in [-0.39, 0.29) is 0 Å². The molecule has 0 aliphatic rings. The maximum absolute atomic E-state index is 6.31. The van der Waals surface area contributed by atoms with E-state index in [2.05, 4.69) is 82.8 Å². The van der Waals surface area contributed by atoms with Gasteiger partial charge in [0, 0.05) is 32.2 Å². The van der Waals surface area contributed by atoms with Crippen molar-refractivity contribution in [1.29, 1.82) is 0 Å². The molecule has 0 unspecified atom stereocenters. The van der Waals surface area contributed by atoms with Crippen molar-refractivity contribution in [3.8, 4) is 45.0 Å². The van der Waals surface area contributed by atoms with Gasteiger partial charge in [0.15, 0.2) is 11.4 Å². The molecule has 6 heteroatoms. The standard InChI is InChI=1S/C38H22N4OS/c1-2-8-27(9-3-1)38-41-32(36-34(42-38)28-10-4-6-12-30(28)43-36)25-18-14-23(15-19-25)24-16-20-26(21-17-24)33-37-35(40-22-39-33)29-11-5-7-13-31(29)44-37/h1-22H. The lowest BCUT2D eigenvalue weighted by molar-refractivity contribution is 0.667. The van der Waals surface area contributed by atoms with E-state index >= 15 is 0 Å². The third kappa shape index (κ3) is 4.00. The van der Waals surface area contributed by atoms with Gasteiger partial charge in [-0.1, -0.05) is 109 Å². The molecule has 0 amide bonds. The summed E-state index contributed by atoms with van der Waals surface area (Å²) in [5.74, 6) is 0.678. The quantitative estimate of drug-likeness (QED) is 0.207. The van der Waals surface area contributed by atoms with Crippen molar-refractivity contribution in [2.24, 2.45) is 0 Å². The number of benzene rings is 5. The molecule has 5 aromatic carbocycles. The first-order valence-corrected chi connectivity index (χ1v) is 15.2. The lowest BCUT2D eigenvalue weighted by atomic mass is 10.00. The number of thiophene rings is 1. The highest BCUT2D eigenvalue weighted by Gasteiger charge is 2.18. The van der Waals surface area contributed by atoms with E-state index in [1.807, 2.05) is 54.6 Å². The lowest BCUT2D eigenvalue weighted by Gasteiger charge is -2.08. The van der Waals surface area contributed by atoms with Gasteiger partial charge in [-0.15, -0.1) is 11.3 Å². The number of nitrogens with zero attached hydrogens (tertiary/aromatic N) is 4. The van der Waals surface area contributed by atoms with Crippen LogP contribution in [0.4, 0.5) is 0 Å². The molecule has 206 valence electrons. The third-order valence-electron chi connectivity index (χ3n) is 8.06. The molecule has 0 N–H and O–H groups in total. The van der Waals surface area contributed by atoms with Gasteiger partial charge in [0.25, 0.3) is 0 Å². The molecule has 0 spiro atoms. The Morgan fingerprint density at radius 3 is 1.89 bits per heavy atom. The van der Waals surface area contributed by atoms with Gasteiger partial charge >= 0.3 is 0 Å². The minimum atomic E-state index is 0.678. The molecule has 0 aliphatic carbocycles. The minimum Gasteiger partial charge on any atom is -0.452 e. The van der Waals surface area contributed by atoms with Crippen molar-refractivity contribution in [1.82, 2.24) is 19.9 Å². The summed E-state index contributed by atoms with van der Waals surface area (Å²) >= 11 is 1.74. The van der Waals surface area contributed by atoms with E-state index < -0.39 is 0 Å². The Kier molecular flexibility index (Phi) is 5.61. The average molecular weight is 583 g/mol. The van der Waals surface area contributed by atoms with E-state index in [4.69, 9.17) is 14.4 Å². The summed E-state index contributed by atoms with van der Waals surface area (Å²) in [6.07, 6.45) is 1.67. The fraction of sp³-hybridized carbons (Fsp3) is 0. The molecule has 44 heavy (non-hydrogen) atoms. The molecule has 4 heterocycles. The highest BCUT2D eigenvalue weighted by atomic mass is 32.1. The third-order valence-corrected chi connectivity index (χ3v) is 9.23. The lowest BCUT2D eigenvalue weighted by Crippen LogP contribution is -1.93. The molecule has 0 saturated carbocycles. The molecule has 9 aromatic rings. The van der Waals surface area contributed by atoms with Crippen LogP contribution in [-0.2, 0) is 0 Å². The van der Waals surface area contributed by atoms with E-state index in [0.717, 1.165) is 65.9 Å². The first-order valence-electron chi connectivity index (χ1n) is 14.4. The Morgan fingerprint density at radius 2 is 1.11 bits per heavy atom. The fourth-order valence-corrected chi connectivity index (χ4v) is 7.04. The smallest absolute Gasteiger partial charge is 0.180 e. The van der Waals surface area contributed by atoms with Crippen LogP contribution in [0, 0.1) is 0 Å². The van der Waals surface area contributed by atoms with Gasteiger partial charge in [-0.25, -0.2) is 19.9 Å². The molecule has 0 fully saturated rings. The van der Waals surface area contributed by atoms with Crippen molar-refractivity contribution in [3.63, 3.8) is 0 Å². The number of fused-ring (bicyclic) bond motifs is 6. The van der Waals surface area contributed by atoms with Gasteiger partial charge < -0.3 is 4.42 Å². The van der Waals surface area contributed by atoms with Crippen molar-refractivity contribution in [2.45, 2.75) is 0 Å². The summed E-state index contributed by atoms with van der Waals surface area (Å²) in [5.41, 5.74) is 10.3. The number of rotatable bonds is 4. The Balaban J connectivity index is 1.10. The van der Waals surface area contributed by atoms with E-state index in [1.165, 1.54) is 10.1 Å². The molecule has 0 aliphatic heterocycles. The highest BCUT2D eigenvalue weighted by molar-refractivity contribution is 7.26. The van der Waals surface area contributed by atoms with Crippen LogP contribution in [0.2, 0.25) is 0 Å². The summed E-state index contributed by atoms with van der Waals surface area (Å²) in [5, 5.41) is 2.16. The molecule has 0 atom stereocenters. The Labute approximate surface area is 256 Å². The van der Waals surface area contributed by atoms with E-state index in [1.54, 1.807) is 17.7 Å². The van der Waals surface area contributed by atoms with Gasteiger partial charge in [-0.3, -0.25) is 0 Å². The second-order valence-corrected chi connectivity index (χ2v) is 11.7. The summed E-state index contributed by atoms with van der Waals surface area (Å²) in [4.78, 5) is 19.2. The predicted octanol–water partition coefficient (Wildman–Crippen LogP) is 10.2. The maximum atomic E-state index is 6.31. The molecule has 5 nitrogen and oxygen atoms in total. The number of aromatic nitrogens is 4. The van der Waals surface area contributed by atoms with Crippen LogP contribution in [0.1, 0.15) is 0 Å². The zero-order chi connectivity index (χ0) is 29.0. The van der Waals surface area contributed by atoms with Crippen molar-refractivity contribution in [2.75, 3.05) is 0 Å². The summed E-state index contributed by atoms with van der Waals surface area (Å²) in [6, 6.07) is 43.6. The normalized spacial score (nSPS) is 11.6. The van der Waals surface area contributed by atoms with Crippen LogP contribution < -0.4 is 0 Å². The number of hydrogen-bond acceptors (Lipinski definition) is 6. The molecule has 4 aromatic heterocycles. The average Bonchev–Trinajstić information content (AvgIpc) is 3.67. The second-order valence-electron chi connectivity index (χ2n) is 10.7. The molecule has 9 rings (SSSR count). The molecule has 0 bridgehead atoms. The van der Waals surface area contributed by atoms with Crippen LogP contribution in [0.25, 0.3) is 87.4 Å². The monoisotopic (exact) mass is 582 g/mol. The first kappa shape index (κ1) is 24.8. The van der Waals surface area contributed by atoms with Gasteiger partial charge in [-0.2, -0.15) is 0 Å². The Hall–Kier alpha value is -5.72. The Morgan fingerprint density at radius 1 is 0.477 bits per heavy atom. The van der Waals surface area contributed by atoms with E-state index in [9.17, 15) is 0 Å². The van der Waals surface area contributed by atoms with Gasteiger partial charge in [-0.05, 0) is 29.3 Å². The maximum Gasteiger partial charge on any atom is 0.180 e. The summed E-state index contributed by atoms with van der Waals surface area (Å²) < 4.78 is 8.65. The second kappa shape index (κ2) is 9.93. The molecular weight excluding hydrogens is 561 g/mol. The van der Waals surface area contributed by atoms with Crippen molar-refractivity contribution in [3.05, 3.63) is 134 Å². The number of hydrogen-bond donors (Lipinski definition) is 0. The molecule has 0 saturated heterocycles. The predicted molar refractivity (Wildman–Crippen MR) is 180 cm³/mol.